The number of fused-ring (bicyclic) bond motifs is 3. The van der Waals surface area contributed by atoms with Crippen LogP contribution in [0.2, 0.25) is 0 Å². The molecule has 0 radical (unpaired) electrons. The number of rotatable bonds is 0. The summed E-state index contributed by atoms with van der Waals surface area (Å²) in [7, 11) is 0. The molecule has 0 atom stereocenters. The first-order valence-electron chi connectivity index (χ1n) is 4.11. The summed E-state index contributed by atoms with van der Waals surface area (Å²) in [4.78, 5) is 11.4. The van der Waals surface area contributed by atoms with E-state index in [1.54, 1.807) is 6.20 Å². The Bertz CT molecular complexity index is 568. The van der Waals surface area contributed by atoms with E-state index < -0.39 is 0 Å². The van der Waals surface area contributed by atoms with Crippen molar-refractivity contribution in [2.75, 3.05) is 0 Å². The second-order valence-electron chi connectivity index (χ2n) is 2.96. The molecule has 62 valence electrons. The van der Waals surface area contributed by atoms with Gasteiger partial charge >= 0.3 is 0 Å². The van der Waals surface area contributed by atoms with Crippen molar-refractivity contribution < 1.29 is 0 Å². The maximum Gasteiger partial charge on any atom is 0.0739 e. The molecule has 0 spiro atoms. The molecule has 0 saturated heterocycles. The van der Waals surface area contributed by atoms with Crippen LogP contribution in [0.15, 0.2) is 36.9 Å². The lowest BCUT2D eigenvalue weighted by Gasteiger charge is -2.01. The van der Waals surface area contributed by atoms with Crippen LogP contribution in [0.3, 0.4) is 0 Å². The number of hydrogen-bond donors (Lipinski definition) is 1. The summed E-state index contributed by atoms with van der Waals surface area (Å²) < 4.78 is 0. The third kappa shape index (κ3) is 0.839. The molecule has 0 saturated carbocycles. The van der Waals surface area contributed by atoms with Crippen molar-refractivity contribution in [1.29, 1.82) is 0 Å². The zero-order chi connectivity index (χ0) is 8.67. The third-order valence-electron chi connectivity index (χ3n) is 2.19. The average molecular weight is 169 g/mol. The Balaban J connectivity index is 2.61. The maximum absolute atomic E-state index is 4.14. The van der Waals surface area contributed by atoms with Gasteiger partial charge in [0, 0.05) is 35.6 Å². The molecular formula is C10H7N3. The lowest BCUT2D eigenvalue weighted by molar-refractivity contribution is 1.34. The molecular weight excluding hydrogens is 162 g/mol. The Morgan fingerprint density at radius 3 is 3.00 bits per heavy atom. The molecule has 3 heteroatoms. The summed E-state index contributed by atoms with van der Waals surface area (Å²) in [6.07, 6.45) is 7.28. The highest BCUT2D eigenvalue weighted by Crippen LogP contribution is 2.22. The van der Waals surface area contributed by atoms with Crippen LogP contribution in [-0.2, 0) is 0 Å². The lowest BCUT2D eigenvalue weighted by atomic mass is 10.1. The Labute approximate surface area is 74.4 Å². The van der Waals surface area contributed by atoms with E-state index in [1.165, 1.54) is 5.39 Å². The second-order valence-corrected chi connectivity index (χ2v) is 2.96. The number of nitrogens with zero attached hydrogens (tertiary/aromatic N) is 2. The zero-order valence-electron chi connectivity index (χ0n) is 6.86. The lowest BCUT2D eigenvalue weighted by Crippen LogP contribution is -1.84. The minimum Gasteiger partial charge on any atom is -0.359 e. The van der Waals surface area contributed by atoms with E-state index in [4.69, 9.17) is 0 Å². The van der Waals surface area contributed by atoms with Crippen LogP contribution < -0.4 is 0 Å². The van der Waals surface area contributed by atoms with E-state index in [0.29, 0.717) is 0 Å². The number of benzene rings is 1. The molecule has 3 rings (SSSR count). The standard InChI is InChI=1S/C10H7N3/c1-2-9-8(6-13-9)10-7(1)5-11-3-4-12-10/h1-6,12H. The van der Waals surface area contributed by atoms with Gasteiger partial charge < -0.3 is 4.98 Å². The molecule has 2 aromatic heterocycles. The van der Waals surface area contributed by atoms with Crippen molar-refractivity contribution in [3.8, 4) is 0 Å². The van der Waals surface area contributed by atoms with Gasteiger partial charge in [-0.3, -0.25) is 9.97 Å². The normalized spacial score (nSPS) is 11.1. The minimum atomic E-state index is 1.05. The van der Waals surface area contributed by atoms with E-state index in [2.05, 4.69) is 15.0 Å². The molecule has 1 aromatic carbocycles. The highest BCUT2D eigenvalue weighted by molar-refractivity contribution is 6.04. The summed E-state index contributed by atoms with van der Waals surface area (Å²) in [6.45, 7) is 0. The van der Waals surface area contributed by atoms with Gasteiger partial charge in [0.15, 0.2) is 0 Å². The van der Waals surface area contributed by atoms with E-state index in [0.717, 1.165) is 16.4 Å². The van der Waals surface area contributed by atoms with Gasteiger partial charge in [0.05, 0.1) is 11.0 Å². The van der Waals surface area contributed by atoms with Crippen LogP contribution in [0.4, 0.5) is 0 Å². The molecule has 13 heavy (non-hydrogen) atoms. The largest absolute Gasteiger partial charge is 0.359 e. The summed E-state index contributed by atoms with van der Waals surface area (Å²) in [5, 5.41) is 2.28. The zero-order valence-corrected chi connectivity index (χ0v) is 6.86. The molecule has 2 heterocycles. The highest BCUT2D eigenvalue weighted by atomic mass is 14.8. The first-order chi connectivity index (χ1) is 6.45. The number of aromatic amines is 1. The summed E-state index contributed by atoms with van der Waals surface area (Å²) in [6, 6.07) is 4.03. The molecule has 0 aliphatic carbocycles. The molecule has 0 bridgehead atoms. The van der Waals surface area contributed by atoms with Crippen LogP contribution in [0, 0.1) is 0 Å². The van der Waals surface area contributed by atoms with Gasteiger partial charge in [-0.15, -0.1) is 0 Å². The molecule has 0 fully saturated rings. The van der Waals surface area contributed by atoms with Crippen molar-refractivity contribution in [2.45, 2.75) is 0 Å². The number of aromatic nitrogens is 3. The molecule has 0 unspecified atom stereocenters. The number of nitrogens with one attached hydrogen (secondary N) is 1. The van der Waals surface area contributed by atoms with Crippen LogP contribution >= 0.6 is 0 Å². The van der Waals surface area contributed by atoms with Crippen molar-refractivity contribution in [2.24, 2.45) is 0 Å². The molecule has 1 N–H and O–H groups in total. The van der Waals surface area contributed by atoms with Gasteiger partial charge in [0.2, 0.25) is 0 Å². The quantitative estimate of drug-likeness (QED) is 0.560. The molecule has 0 amide bonds. The number of hydrogen-bond acceptors (Lipinski definition) is 2. The third-order valence-corrected chi connectivity index (χ3v) is 2.19. The van der Waals surface area contributed by atoms with Crippen LogP contribution in [-0.4, -0.2) is 15.0 Å². The molecule has 0 aliphatic rings. The van der Waals surface area contributed by atoms with Gasteiger partial charge in [-0.2, -0.15) is 0 Å². The van der Waals surface area contributed by atoms with Gasteiger partial charge in [-0.25, -0.2) is 0 Å². The molecule has 0 aliphatic heterocycles. The smallest absolute Gasteiger partial charge is 0.0739 e. The predicted octanol–water partition coefficient (Wildman–Crippen LogP) is 2.11. The molecule has 3 nitrogen and oxygen atoms in total. The van der Waals surface area contributed by atoms with Gasteiger partial charge in [0.1, 0.15) is 0 Å². The van der Waals surface area contributed by atoms with Crippen LogP contribution in [0.5, 0.6) is 0 Å². The van der Waals surface area contributed by atoms with E-state index in [1.807, 2.05) is 30.7 Å². The highest BCUT2D eigenvalue weighted by Gasteiger charge is 2.02. The first-order valence-corrected chi connectivity index (χ1v) is 4.11. The summed E-state index contributed by atoms with van der Waals surface area (Å²) >= 11 is 0. The van der Waals surface area contributed by atoms with Crippen LogP contribution in [0.1, 0.15) is 0 Å². The van der Waals surface area contributed by atoms with Crippen molar-refractivity contribution >= 4 is 21.8 Å². The Morgan fingerprint density at radius 2 is 2.15 bits per heavy atom. The maximum atomic E-state index is 4.14. The van der Waals surface area contributed by atoms with Gasteiger partial charge in [0.25, 0.3) is 0 Å². The first kappa shape index (κ1) is 6.60. The van der Waals surface area contributed by atoms with Crippen molar-refractivity contribution in [3.05, 3.63) is 36.9 Å². The second kappa shape index (κ2) is 2.29. The Hall–Kier alpha value is -1.90. The van der Waals surface area contributed by atoms with E-state index >= 15 is 0 Å². The monoisotopic (exact) mass is 169 g/mol. The van der Waals surface area contributed by atoms with Crippen molar-refractivity contribution in [3.63, 3.8) is 0 Å². The predicted molar refractivity (Wildman–Crippen MR) is 51.4 cm³/mol. The average Bonchev–Trinajstić information content (AvgIpc) is 2.29. The fourth-order valence-electron chi connectivity index (χ4n) is 1.49. The SMILES string of the molecule is c1c[nH]c2c(ccc3ncc32)cn1. The van der Waals surface area contributed by atoms with E-state index in [-0.39, 0.29) is 0 Å². The fraction of sp³-hybridized carbons (Fsp3) is 0. The van der Waals surface area contributed by atoms with Crippen LogP contribution in [0.25, 0.3) is 21.8 Å². The van der Waals surface area contributed by atoms with Gasteiger partial charge in [-0.1, -0.05) is 0 Å². The summed E-state index contributed by atoms with van der Waals surface area (Å²) in [5.41, 5.74) is 2.15. The van der Waals surface area contributed by atoms with Gasteiger partial charge in [-0.05, 0) is 12.1 Å². The Morgan fingerprint density at radius 1 is 1.15 bits per heavy atom. The van der Waals surface area contributed by atoms with Crippen molar-refractivity contribution in [1.82, 2.24) is 15.0 Å². The summed E-state index contributed by atoms with van der Waals surface area (Å²) in [5.74, 6) is 0. The van der Waals surface area contributed by atoms with E-state index in [9.17, 15) is 0 Å². The fourth-order valence-corrected chi connectivity index (χ4v) is 1.49. The molecule has 3 aromatic rings. The number of H-pyrrole nitrogens is 1. The topological polar surface area (TPSA) is 41.6 Å². The minimum absolute atomic E-state index is 1.05. The Kier molecular flexibility index (Phi) is 1.16.